The molecule has 1 aromatic heterocycles. The van der Waals surface area contributed by atoms with E-state index in [9.17, 15) is 4.79 Å². The minimum atomic E-state index is -0.343. The standard InChI is InChI=1S/C22H19N5O2/c28-22(23-15-21-26-24-16-27(21)18-9-3-1-4-10-18)25-17-8-7-13-20(14-17)29-19-11-5-2-6-12-19/h1-14,16H,15H2,(H2,23,25,28). The summed E-state index contributed by atoms with van der Waals surface area (Å²) >= 11 is 0. The van der Waals surface area contributed by atoms with Crippen LogP contribution in [-0.2, 0) is 6.54 Å². The molecule has 4 rings (SSSR count). The highest BCUT2D eigenvalue weighted by Crippen LogP contribution is 2.23. The van der Waals surface area contributed by atoms with E-state index in [1.165, 1.54) is 0 Å². The number of urea groups is 1. The van der Waals surface area contributed by atoms with Crippen molar-refractivity contribution in [2.24, 2.45) is 0 Å². The van der Waals surface area contributed by atoms with Crippen molar-refractivity contribution in [3.8, 4) is 17.2 Å². The summed E-state index contributed by atoms with van der Waals surface area (Å²) < 4.78 is 7.62. The number of nitrogens with zero attached hydrogens (tertiary/aromatic N) is 3. The highest BCUT2D eigenvalue weighted by atomic mass is 16.5. The molecule has 4 aromatic rings. The number of hydrogen-bond acceptors (Lipinski definition) is 4. The van der Waals surface area contributed by atoms with E-state index in [1.807, 2.05) is 77.4 Å². The molecule has 0 spiro atoms. The molecule has 0 saturated heterocycles. The van der Waals surface area contributed by atoms with Gasteiger partial charge in [0.05, 0.1) is 6.54 Å². The van der Waals surface area contributed by atoms with Gasteiger partial charge in [-0.05, 0) is 36.4 Å². The number of nitrogens with one attached hydrogen (secondary N) is 2. The lowest BCUT2D eigenvalue weighted by molar-refractivity contribution is 0.251. The highest BCUT2D eigenvalue weighted by Gasteiger charge is 2.09. The maximum absolute atomic E-state index is 12.3. The zero-order valence-corrected chi connectivity index (χ0v) is 15.5. The summed E-state index contributed by atoms with van der Waals surface area (Å²) in [7, 11) is 0. The predicted molar refractivity (Wildman–Crippen MR) is 110 cm³/mol. The number of ether oxygens (including phenoxy) is 1. The molecule has 0 radical (unpaired) electrons. The van der Waals surface area contributed by atoms with Gasteiger partial charge in [0.15, 0.2) is 5.82 Å². The number of amides is 2. The SMILES string of the molecule is O=C(NCc1nncn1-c1ccccc1)Nc1cccc(Oc2ccccc2)c1. The highest BCUT2D eigenvalue weighted by molar-refractivity contribution is 5.89. The van der Waals surface area contributed by atoms with Gasteiger partial charge in [-0.25, -0.2) is 4.79 Å². The monoisotopic (exact) mass is 385 g/mol. The van der Waals surface area contributed by atoms with Crippen LogP contribution >= 0.6 is 0 Å². The lowest BCUT2D eigenvalue weighted by Gasteiger charge is -2.10. The minimum absolute atomic E-state index is 0.237. The van der Waals surface area contributed by atoms with E-state index in [0.717, 1.165) is 11.4 Å². The van der Waals surface area contributed by atoms with Crippen LogP contribution in [-0.4, -0.2) is 20.8 Å². The number of rotatable bonds is 6. The van der Waals surface area contributed by atoms with E-state index >= 15 is 0 Å². The molecule has 0 aliphatic carbocycles. The minimum Gasteiger partial charge on any atom is -0.457 e. The molecule has 0 atom stereocenters. The molecule has 0 aliphatic rings. The summed E-state index contributed by atoms with van der Waals surface area (Å²) in [6.07, 6.45) is 1.62. The normalized spacial score (nSPS) is 10.3. The van der Waals surface area contributed by atoms with Gasteiger partial charge in [0.25, 0.3) is 0 Å². The van der Waals surface area contributed by atoms with Gasteiger partial charge in [-0.3, -0.25) is 4.57 Å². The fraction of sp³-hybridized carbons (Fsp3) is 0.0455. The Morgan fingerprint density at radius 2 is 1.62 bits per heavy atom. The first-order valence-electron chi connectivity index (χ1n) is 9.10. The Hall–Kier alpha value is -4.13. The summed E-state index contributed by atoms with van der Waals surface area (Å²) in [6, 6.07) is 26.0. The molecule has 3 aromatic carbocycles. The summed E-state index contributed by atoms with van der Waals surface area (Å²) in [5.41, 5.74) is 1.56. The van der Waals surface area contributed by atoms with Crippen molar-refractivity contribution in [1.29, 1.82) is 0 Å². The van der Waals surface area contributed by atoms with E-state index < -0.39 is 0 Å². The van der Waals surface area contributed by atoms with Crippen LogP contribution in [0, 0.1) is 0 Å². The van der Waals surface area contributed by atoms with Crippen molar-refractivity contribution in [2.75, 3.05) is 5.32 Å². The zero-order chi connectivity index (χ0) is 19.9. The third-order valence-corrected chi connectivity index (χ3v) is 4.13. The summed E-state index contributed by atoms with van der Waals surface area (Å²) in [4.78, 5) is 12.3. The van der Waals surface area contributed by atoms with Crippen LogP contribution in [0.5, 0.6) is 11.5 Å². The number of benzene rings is 3. The molecule has 2 N–H and O–H groups in total. The molecule has 1 heterocycles. The average molecular weight is 385 g/mol. The average Bonchev–Trinajstić information content (AvgIpc) is 3.23. The Kier molecular flexibility index (Phi) is 5.48. The van der Waals surface area contributed by atoms with Crippen LogP contribution in [0.25, 0.3) is 5.69 Å². The summed E-state index contributed by atoms with van der Waals surface area (Å²) in [5.74, 6) is 2.00. The van der Waals surface area contributed by atoms with Crippen molar-refractivity contribution in [1.82, 2.24) is 20.1 Å². The molecule has 29 heavy (non-hydrogen) atoms. The second-order valence-electron chi connectivity index (χ2n) is 6.20. The number of para-hydroxylation sites is 2. The molecular weight excluding hydrogens is 366 g/mol. The first-order valence-corrected chi connectivity index (χ1v) is 9.10. The Morgan fingerprint density at radius 3 is 2.41 bits per heavy atom. The predicted octanol–water partition coefficient (Wildman–Crippen LogP) is 4.38. The molecule has 0 fully saturated rings. The number of anilines is 1. The molecule has 2 amide bonds. The fourth-order valence-electron chi connectivity index (χ4n) is 2.78. The third-order valence-electron chi connectivity index (χ3n) is 4.13. The van der Waals surface area contributed by atoms with E-state index in [1.54, 1.807) is 18.5 Å². The zero-order valence-electron chi connectivity index (χ0n) is 15.5. The van der Waals surface area contributed by atoms with Gasteiger partial charge in [0.2, 0.25) is 0 Å². The van der Waals surface area contributed by atoms with Gasteiger partial charge < -0.3 is 15.4 Å². The van der Waals surface area contributed by atoms with E-state index in [0.29, 0.717) is 17.3 Å². The van der Waals surface area contributed by atoms with Crippen LogP contribution in [0.1, 0.15) is 5.82 Å². The lowest BCUT2D eigenvalue weighted by Crippen LogP contribution is -2.29. The van der Waals surface area contributed by atoms with Crippen LogP contribution in [0.15, 0.2) is 91.3 Å². The Bertz CT molecular complexity index is 1080. The number of hydrogen-bond donors (Lipinski definition) is 2. The van der Waals surface area contributed by atoms with Crippen molar-refractivity contribution >= 4 is 11.7 Å². The maximum Gasteiger partial charge on any atom is 0.319 e. The first kappa shape index (κ1) is 18.2. The Balaban J connectivity index is 1.36. The smallest absolute Gasteiger partial charge is 0.319 e. The number of aromatic nitrogens is 3. The van der Waals surface area contributed by atoms with Crippen LogP contribution < -0.4 is 15.4 Å². The van der Waals surface area contributed by atoms with Gasteiger partial charge in [-0.1, -0.05) is 42.5 Å². The van der Waals surface area contributed by atoms with Crippen molar-refractivity contribution in [2.45, 2.75) is 6.54 Å². The Labute approximate surface area is 168 Å². The van der Waals surface area contributed by atoms with Crippen molar-refractivity contribution in [3.63, 3.8) is 0 Å². The maximum atomic E-state index is 12.3. The van der Waals surface area contributed by atoms with E-state index in [2.05, 4.69) is 20.8 Å². The molecule has 7 heteroatoms. The van der Waals surface area contributed by atoms with Gasteiger partial charge >= 0.3 is 6.03 Å². The molecule has 0 unspecified atom stereocenters. The van der Waals surface area contributed by atoms with Gasteiger partial charge in [-0.2, -0.15) is 0 Å². The molecule has 0 bridgehead atoms. The topological polar surface area (TPSA) is 81.1 Å². The first-order chi connectivity index (χ1) is 14.3. The van der Waals surface area contributed by atoms with Gasteiger partial charge in [0, 0.05) is 17.4 Å². The molecule has 0 saturated carbocycles. The quantitative estimate of drug-likeness (QED) is 0.516. The van der Waals surface area contributed by atoms with Gasteiger partial charge in [0.1, 0.15) is 17.8 Å². The van der Waals surface area contributed by atoms with Crippen LogP contribution in [0.4, 0.5) is 10.5 Å². The molecule has 7 nitrogen and oxygen atoms in total. The van der Waals surface area contributed by atoms with Crippen LogP contribution in [0.3, 0.4) is 0 Å². The van der Waals surface area contributed by atoms with Crippen molar-refractivity contribution < 1.29 is 9.53 Å². The Morgan fingerprint density at radius 1 is 0.897 bits per heavy atom. The largest absolute Gasteiger partial charge is 0.457 e. The fourth-order valence-corrected chi connectivity index (χ4v) is 2.78. The van der Waals surface area contributed by atoms with E-state index in [-0.39, 0.29) is 12.6 Å². The second kappa shape index (κ2) is 8.71. The van der Waals surface area contributed by atoms with Crippen molar-refractivity contribution in [3.05, 3.63) is 97.1 Å². The van der Waals surface area contributed by atoms with E-state index in [4.69, 9.17) is 4.74 Å². The third kappa shape index (κ3) is 4.78. The number of carbonyl (C=O) groups excluding carboxylic acids is 1. The summed E-state index contributed by atoms with van der Waals surface area (Å²) in [5, 5.41) is 13.6. The molecular formula is C22H19N5O2. The van der Waals surface area contributed by atoms with Gasteiger partial charge in [-0.15, -0.1) is 10.2 Å². The molecule has 144 valence electrons. The van der Waals surface area contributed by atoms with Crippen LogP contribution in [0.2, 0.25) is 0 Å². The second-order valence-corrected chi connectivity index (χ2v) is 6.20. The number of carbonyl (C=O) groups is 1. The summed E-state index contributed by atoms with van der Waals surface area (Å²) in [6.45, 7) is 0.237. The lowest BCUT2D eigenvalue weighted by atomic mass is 10.3. The molecule has 0 aliphatic heterocycles.